The summed E-state index contributed by atoms with van der Waals surface area (Å²) in [5, 5.41) is 13.5. The summed E-state index contributed by atoms with van der Waals surface area (Å²) in [4.78, 5) is 26.3. The van der Waals surface area contributed by atoms with Crippen LogP contribution in [-0.2, 0) is 9.53 Å². The van der Waals surface area contributed by atoms with E-state index in [1.54, 1.807) is 6.07 Å². The van der Waals surface area contributed by atoms with E-state index in [9.17, 15) is 9.59 Å². The highest BCUT2D eigenvalue weighted by Gasteiger charge is 2.13. The Bertz CT molecular complexity index is 820. The molecule has 0 aromatic heterocycles. The van der Waals surface area contributed by atoms with Crippen LogP contribution in [0.2, 0.25) is 0 Å². The van der Waals surface area contributed by atoms with Gasteiger partial charge >= 0.3 is 5.97 Å². The standard InChI is InChI=1S/C25H40N2O4/c1-7-9-21(10-8-11-24(29)31-18(2)3)16-27(6)17-23-19(4)12-13-22(20(23)5)25(30)26-14-15-28/h12-13,17-18,21,28H,4,7-11,14-16H2,1-3,5-6H3,(H,26,30)/b23-17+. The van der Waals surface area contributed by atoms with Crippen LogP contribution < -0.4 is 15.8 Å². The van der Waals surface area contributed by atoms with Crippen LogP contribution in [0.5, 0.6) is 0 Å². The molecule has 0 heterocycles. The average molecular weight is 433 g/mol. The lowest BCUT2D eigenvalue weighted by molar-refractivity contribution is -0.147. The molecule has 6 nitrogen and oxygen atoms in total. The number of carbonyl (C=O) groups excluding carboxylic acids is 2. The summed E-state index contributed by atoms with van der Waals surface area (Å²) in [5.41, 5.74) is 1.47. The topological polar surface area (TPSA) is 78.9 Å². The van der Waals surface area contributed by atoms with Crippen LogP contribution in [-0.4, -0.2) is 54.7 Å². The highest BCUT2D eigenvalue weighted by atomic mass is 16.5. The van der Waals surface area contributed by atoms with Gasteiger partial charge in [-0.25, -0.2) is 0 Å². The molecule has 0 fully saturated rings. The Morgan fingerprint density at radius 1 is 1.29 bits per heavy atom. The van der Waals surface area contributed by atoms with Gasteiger partial charge in [0.2, 0.25) is 0 Å². The monoisotopic (exact) mass is 432 g/mol. The van der Waals surface area contributed by atoms with E-state index in [0.29, 0.717) is 17.9 Å². The molecule has 1 rings (SSSR count). The van der Waals surface area contributed by atoms with Crippen LogP contribution >= 0.6 is 0 Å². The average Bonchev–Trinajstić information content (AvgIpc) is 2.68. The van der Waals surface area contributed by atoms with Crippen LogP contribution in [0, 0.1) is 12.8 Å². The first-order chi connectivity index (χ1) is 14.7. The molecule has 1 aromatic carbocycles. The second-order valence-corrected chi connectivity index (χ2v) is 8.44. The smallest absolute Gasteiger partial charge is 0.306 e. The highest BCUT2D eigenvalue weighted by Crippen LogP contribution is 2.17. The molecule has 0 radical (unpaired) electrons. The number of hydrogen-bond donors (Lipinski definition) is 2. The zero-order valence-electron chi connectivity index (χ0n) is 19.9. The van der Waals surface area contributed by atoms with E-state index in [1.807, 2.05) is 33.9 Å². The molecular weight excluding hydrogens is 392 g/mol. The van der Waals surface area contributed by atoms with Crippen molar-refractivity contribution in [3.05, 3.63) is 33.7 Å². The fourth-order valence-electron chi connectivity index (χ4n) is 3.75. The molecule has 0 aliphatic rings. The van der Waals surface area contributed by atoms with E-state index in [4.69, 9.17) is 9.84 Å². The molecule has 2 N–H and O–H groups in total. The molecule has 0 spiro atoms. The van der Waals surface area contributed by atoms with Crippen LogP contribution in [0.1, 0.15) is 68.8 Å². The summed E-state index contributed by atoms with van der Waals surface area (Å²) in [6.07, 6.45) is 6.42. The van der Waals surface area contributed by atoms with Gasteiger partial charge in [0, 0.05) is 43.5 Å². The molecule has 0 bridgehead atoms. The molecular formula is C25H40N2O4. The largest absolute Gasteiger partial charge is 0.463 e. The summed E-state index contributed by atoms with van der Waals surface area (Å²) in [6, 6.07) is 3.63. The van der Waals surface area contributed by atoms with Crippen molar-refractivity contribution >= 4 is 24.7 Å². The Labute approximate surface area is 187 Å². The Kier molecular flexibility index (Phi) is 11.9. The summed E-state index contributed by atoms with van der Waals surface area (Å²) >= 11 is 0. The normalized spacial score (nSPS) is 12.7. The Morgan fingerprint density at radius 3 is 2.61 bits per heavy atom. The number of esters is 1. The number of hydrogen-bond acceptors (Lipinski definition) is 5. The fraction of sp³-hybridized carbons (Fsp3) is 0.600. The van der Waals surface area contributed by atoms with E-state index >= 15 is 0 Å². The number of aliphatic hydroxyl groups excluding tert-OH is 1. The number of carbonyl (C=O) groups is 2. The maximum absolute atomic E-state index is 12.4. The fourth-order valence-corrected chi connectivity index (χ4v) is 3.75. The summed E-state index contributed by atoms with van der Waals surface area (Å²) in [6.45, 7) is 13.0. The molecule has 31 heavy (non-hydrogen) atoms. The molecule has 1 amide bonds. The predicted octanol–water partition coefficient (Wildman–Crippen LogP) is 2.34. The van der Waals surface area contributed by atoms with Gasteiger partial charge in [0.25, 0.3) is 5.91 Å². The number of amides is 1. The van der Waals surface area contributed by atoms with Crippen molar-refractivity contribution < 1.29 is 19.4 Å². The first-order valence-corrected chi connectivity index (χ1v) is 11.3. The molecule has 174 valence electrons. The summed E-state index contributed by atoms with van der Waals surface area (Å²) in [5.74, 6) is 0.155. The predicted molar refractivity (Wildman–Crippen MR) is 126 cm³/mol. The molecule has 6 heteroatoms. The molecule has 0 aliphatic heterocycles. The van der Waals surface area contributed by atoms with Gasteiger partial charge in [-0.1, -0.05) is 26.0 Å². The number of benzene rings is 1. The lowest BCUT2D eigenvalue weighted by Crippen LogP contribution is -2.35. The van der Waals surface area contributed by atoms with E-state index in [1.165, 1.54) is 0 Å². The molecule has 1 unspecified atom stereocenters. The van der Waals surface area contributed by atoms with E-state index in [2.05, 4.69) is 29.9 Å². The van der Waals surface area contributed by atoms with Crippen molar-refractivity contribution in [2.24, 2.45) is 5.92 Å². The highest BCUT2D eigenvalue weighted by molar-refractivity contribution is 5.95. The first-order valence-electron chi connectivity index (χ1n) is 11.3. The van der Waals surface area contributed by atoms with Gasteiger partial charge in [-0.05, 0) is 62.8 Å². The summed E-state index contributed by atoms with van der Waals surface area (Å²) < 4.78 is 5.22. The van der Waals surface area contributed by atoms with Crippen LogP contribution in [0.15, 0.2) is 12.1 Å². The Morgan fingerprint density at radius 2 is 2.00 bits per heavy atom. The number of nitrogens with zero attached hydrogens (tertiary/aromatic N) is 1. The third-order valence-corrected chi connectivity index (χ3v) is 5.20. The van der Waals surface area contributed by atoms with Gasteiger partial charge in [0.1, 0.15) is 0 Å². The molecule has 0 saturated carbocycles. The van der Waals surface area contributed by atoms with Gasteiger partial charge in [-0.15, -0.1) is 0 Å². The molecule has 1 aromatic rings. The van der Waals surface area contributed by atoms with Gasteiger partial charge in [0.05, 0.1) is 12.7 Å². The van der Waals surface area contributed by atoms with Gasteiger partial charge in [0.15, 0.2) is 0 Å². The molecule has 0 saturated heterocycles. The number of aliphatic hydroxyl groups is 1. The molecule has 0 aliphatic carbocycles. The van der Waals surface area contributed by atoms with Crippen LogP contribution in [0.25, 0.3) is 12.8 Å². The Hall–Kier alpha value is -2.34. The zero-order valence-corrected chi connectivity index (χ0v) is 19.9. The maximum Gasteiger partial charge on any atom is 0.306 e. The van der Waals surface area contributed by atoms with Crippen molar-refractivity contribution in [2.75, 3.05) is 26.7 Å². The van der Waals surface area contributed by atoms with Gasteiger partial charge < -0.3 is 20.1 Å². The van der Waals surface area contributed by atoms with E-state index < -0.39 is 0 Å². The van der Waals surface area contributed by atoms with Crippen molar-refractivity contribution in [3.8, 4) is 0 Å². The third-order valence-electron chi connectivity index (χ3n) is 5.20. The molecule has 1 atom stereocenters. The van der Waals surface area contributed by atoms with E-state index in [-0.39, 0.29) is 31.1 Å². The maximum atomic E-state index is 12.4. The number of nitrogens with one attached hydrogen (secondary N) is 1. The Balaban J connectivity index is 2.88. The van der Waals surface area contributed by atoms with Gasteiger partial charge in [-0.3, -0.25) is 9.59 Å². The van der Waals surface area contributed by atoms with Crippen molar-refractivity contribution in [2.45, 2.75) is 65.9 Å². The van der Waals surface area contributed by atoms with Crippen LogP contribution in [0.3, 0.4) is 0 Å². The van der Waals surface area contributed by atoms with Crippen LogP contribution in [0.4, 0.5) is 0 Å². The minimum absolute atomic E-state index is 0.0683. The quantitative estimate of drug-likeness (QED) is 0.468. The number of rotatable bonds is 13. The minimum Gasteiger partial charge on any atom is -0.463 e. The second-order valence-electron chi connectivity index (χ2n) is 8.44. The summed E-state index contributed by atoms with van der Waals surface area (Å²) in [7, 11) is 2.03. The third kappa shape index (κ3) is 9.55. The number of ether oxygens (including phenoxy) is 1. The van der Waals surface area contributed by atoms with E-state index in [0.717, 1.165) is 48.2 Å². The first kappa shape index (κ1) is 26.7. The van der Waals surface area contributed by atoms with Crippen molar-refractivity contribution in [3.63, 3.8) is 0 Å². The van der Waals surface area contributed by atoms with Gasteiger partial charge in [-0.2, -0.15) is 0 Å². The minimum atomic E-state index is -0.194. The second kappa shape index (κ2) is 13.9. The van der Waals surface area contributed by atoms with Crippen molar-refractivity contribution in [1.82, 2.24) is 10.2 Å². The van der Waals surface area contributed by atoms with Crippen molar-refractivity contribution in [1.29, 1.82) is 0 Å². The lowest BCUT2D eigenvalue weighted by Gasteiger charge is -2.23. The SMILES string of the molecule is C=c1ccc(C(=O)NCCO)c(C)/c1=C/N(C)CC(CCC)CCCC(=O)OC(C)C. The lowest BCUT2D eigenvalue weighted by atomic mass is 9.96. The zero-order chi connectivity index (χ0) is 23.4.